The summed E-state index contributed by atoms with van der Waals surface area (Å²) in [4.78, 5) is 26.1. The molecule has 4 nitrogen and oxygen atoms in total. The Morgan fingerprint density at radius 1 is 1.15 bits per heavy atom. The largest absolute Gasteiger partial charge is 0.344 e. The van der Waals surface area contributed by atoms with Crippen molar-refractivity contribution in [3.8, 4) is 0 Å². The zero-order valence-corrected chi connectivity index (χ0v) is 11.5. The van der Waals surface area contributed by atoms with Gasteiger partial charge in [0.15, 0.2) is 0 Å². The molecule has 2 saturated heterocycles. The van der Waals surface area contributed by atoms with Crippen LogP contribution < -0.4 is 5.32 Å². The maximum Gasteiger partial charge on any atom is 0.245 e. The third kappa shape index (κ3) is 2.55. The number of nitrogens with zero attached hydrogens (tertiary/aromatic N) is 1. The average molecular weight is 272 g/mol. The summed E-state index contributed by atoms with van der Waals surface area (Å²) in [7, 11) is 0. The van der Waals surface area contributed by atoms with Crippen LogP contribution in [0.2, 0.25) is 0 Å². The van der Waals surface area contributed by atoms with Crippen LogP contribution in [0.25, 0.3) is 0 Å². The van der Waals surface area contributed by atoms with Gasteiger partial charge in [-0.1, -0.05) is 30.3 Å². The number of benzene rings is 1. The van der Waals surface area contributed by atoms with Crippen LogP contribution in [0.1, 0.15) is 43.7 Å². The summed E-state index contributed by atoms with van der Waals surface area (Å²) in [5.41, 5.74) is 1.19. The number of carbonyl (C=O) groups is 2. The topological polar surface area (TPSA) is 49.4 Å². The molecule has 1 aromatic carbocycles. The fourth-order valence-corrected chi connectivity index (χ4v) is 3.24. The maximum absolute atomic E-state index is 12.6. The van der Waals surface area contributed by atoms with Crippen molar-refractivity contribution in [3.05, 3.63) is 35.9 Å². The number of rotatable bonds is 2. The SMILES string of the molecule is O=C1CCC[C@H](C(=O)N2CCCC2c2ccccc2)N1. The van der Waals surface area contributed by atoms with Crippen molar-refractivity contribution in [2.45, 2.75) is 44.2 Å². The summed E-state index contributed by atoms with van der Waals surface area (Å²) in [6.07, 6.45) is 4.17. The average Bonchev–Trinajstić information content (AvgIpc) is 2.97. The van der Waals surface area contributed by atoms with E-state index in [0.717, 1.165) is 32.2 Å². The fraction of sp³-hybridized carbons (Fsp3) is 0.500. The van der Waals surface area contributed by atoms with E-state index < -0.39 is 0 Å². The summed E-state index contributed by atoms with van der Waals surface area (Å²) in [6, 6.07) is 10.0. The number of hydrogen-bond acceptors (Lipinski definition) is 2. The van der Waals surface area contributed by atoms with E-state index in [1.54, 1.807) is 0 Å². The van der Waals surface area contributed by atoms with Gasteiger partial charge in [0.2, 0.25) is 11.8 Å². The van der Waals surface area contributed by atoms with Gasteiger partial charge in [0.25, 0.3) is 0 Å². The molecule has 1 N–H and O–H groups in total. The third-order valence-electron chi connectivity index (χ3n) is 4.25. The lowest BCUT2D eigenvalue weighted by molar-refractivity contribution is -0.138. The minimum atomic E-state index is -0.319. The van der Waals surface area contributed by atoms with Gasteiger partial charge in [0, 0.05) is 13.0 Å². The second kappa shape index (κ2) is 5.65. The molecule has 2 aliphatic rings. The monoisotopic (exact) mass is 272 g/mol. The lowest BCUT2D eigenvalue weighted by Gasteiger charge is -2.31. The molecule has 2 atom stereocenters. The normalized spacial score (nSPS) is 26.4. The maximum atomic E-state index is 12.6. The van der Waals surface area contributed by atoms with Gasteiger partial charge in [-0.15, -0.1) is 0 Å². The van der Waals surface area contributed by atoms with E-state index >= 15 is 0 Å². The highest BCUT2D eigenvalue weighted by Gasteiger charge is 2.35. The lowest BCUT2D eigenvalue weighted by Crippen LogP contribution is -2.50. The van der Waals surface area contributed by atoms with E-state index in [1.807, 2.05) is 23.1 Å². The van der Waals surface area contributed by atoms with E-state index in [1.165, 1.54) is 5.56 Å². The van der Waals surface area contributed by atoms with E-state index in [2.05, 4.69) is 17.4 Å². The second-order valence-corrected chi connectivity index (χ2v) is 5.61. The first-order valence-electron chi connectivity index (χ1n) is 7.40. The summed E-state index contributed by atoms with van der Waals surface area (Å²) < 4.78 is 0. The van der Waals surface area contributed by atoms with Crippen LogP contribution in [0.5, 0.6) is 0 Å². The van der Waals surface area contributed by atoms with E-state index in [-0.39, 0.29) is 23.9 Å². The molecule has 3 rings (SSSR count). The minimum absolute atomic E-state index is 0.00468. The zero-order valence-electron chi connectivity index (χ0n) is 11.5. The summed E-state index contributed by atoms with van der Waals surface area (Å²) in [5.74, 6) is 0.0921. The molecular formula is C16H20N2O2. The Morgan fingerprint density at radius 2 is 1.95 bits per heavy atom. The molecule has 2 heterocycles. The van der Waals surface area contributed by atoms with E-state index in [0.29, 0.717) is 6.42 Å². The number of piperidine rings is 1. The fourth-order valence-electron chi connectivity index (χ4n) is 3.24. The predicted octanol–water partition coefficient (Wildman–Crippen LogP) is 2.02. The number of likely N-dealkylation sites (tertiary alicyclic amines) is 1. The summed E-state index contributed by atoms with van der Waals surface area (Å²) >= 11 is 0. The Balaban J connectivity index is 1.75. The molecule has 0 aromatic heterocycles. The smallest absolute Gasteiger partial charge is 0.245 e. The highest BCUT2D eigenvalue weighted by atomic mass is 16.2. The van der Waals surface area contributed by atoms with Crippen molar-refractivity contribution in [1.29, 1.82) is 0 Å². The molecule has 0 spiro atoms. The minimum Gasteiger partial charge on any atom is -0.344 e. The molecule has 0 radical (unpaired) electrons. The molecular weight excluding hydrogens is 252 g/mol. The van der Waals surface area contributed by atoms with Crippen molar-refractivity contribution in [2.75, 3.05) is 6.54 Å². The van der Waals surface area contributed by atoms with Gasteiger partial charge >= 0.3 is 0 Å². The Hall–Kier alpha value is -1.84. The van der Waals surface area contributed by atoms with Crippen molar-refractivity contribution < 1.29 is 9.59 Å². The van der Waals surface area contributed by atoms with Crippen LogP contribution in [0.3, 0.4) is 0 Å². The van der Waals surface area contributed by atoms with Crippen LogP contribution in [0, 0.1) is 0 Å². The van der Waals surface area contributed by atoms with Crippen LogP contribution in [0.4, 0.5) is 0 Å². The quantitative estimate of drug-likeness (QED) is 0.895. The second-order valence-electron chi connectivity index (χ2n) is 5.61. The number of amides is 2. The standard InChI is InChI=1S/C16H20N2O2/c19-15-10-4-8-13(17-15)16(20)18-11-5-9-14(18)12-6-2-1-3-7-12/h1-3,6-7,13-14H,4-5,8-11H2,(H,17,19)/t13-,14?/m1/s1. The molecule has 4 heteroatoms. The molecule has 20 heavy (non-hydrogen) atoms. The highest BCUT2D eigenvalue weighted by Crippen LogP contribution is 2.32. The molecule has 0 aliphatic carbocycles. The molecule has 106 valence electrons. The Labute approximate surface area is 119 Å². The van der Waals surface area contributed by atoms with E-state index in [4.69, 9.17) is 0 Å². The number of hydrogen-bond donors (Lipinski definition) is 1. The van der Waals surface area contributed by atoms with Crippen LogP contribution in [-0.2, 0) is 9.59 Å². The molecule has 2 amide bonds. The summed E-state index contributed by atoms with van der Waals surface area (Å²) in [6.45, 7) is 0.796. The van der Waals surface area contributed by atoms with Crippen molar-refractivity contribution in [3.63, 3.8) is 0 Å². The summed E-state index contributed by atoms with van der Waals surface area (Å²) in [5, 5.41) is 2.83. The highest BCUT2D eigenvalue weighted by molar-refractivity contribution is 5.89. The predicted molar refractivity (Wildman–Crippen MR) is 75.9 cm³/mol. The molecule has 2 aliphatic heterocycles. The van der Waals surface area contributed by atoms with Gasteiger partial charge < -0.3 is 10.2 Å². The first-order chi connectivity index (χ1) is 9.75. The van der Waals surface area contributed by atoms with Crippen molar-refractivity contribution in [2.24, 2.45) is 0 Å². The first-order valence-corrected chi connectivity index (χ1v) is 7.40. The van der Waals surface area contributed by atoms with Crippen LogP contribution in [-0.4, -0.2) is 29.3 Å². The number of carbonyl (C=O) groups excluding carboxylic acids is 2. The van der Waals surface area contributed by atoms with Gasteiger partial charge in [-0.2, -0.15) is 0 Å². The van der Waals surface area contributed by atoms with E-state index in [9.17, 15) is 9.59 Å². The van der Waals surface area contributed by atoms with Gasteiger partial charge in [-0.3, -0.25) is 9.59 Å². The molecule has 1 unspecified atom stereocenters. The van der Waals surface area contributed by atoms with Crippen molar-refractivity contribution in [1.82, 2.24) is 10.2 Å². The Kier molecular flexibility index (Phi) is 3.72. The van der Waals surface area contributed by atoms with Gasteiger partial charge in [0.1, 0.15) is 6.04 Å². The molecule has 0 bridgehead atoms. The van der Waals surface area contributed by atoms with Crippen LogP contribution in [0.15, 0.2) is 30.3 Å². The Bertz CT molecular complexity index is 500. The van der Waals surface area contributed by atoms with Gasteiger partial charge in [-0.05, 0) is 31.2 Å². The Morgan fingerprint density at radius 3 is 2.70 bits per heavy atom. The molecule has 1 aromatic rings. The zero-order chi connectivity index (χ0) is 13.9. The molecule has 0 saturated carbocycles. The third-order valence-corrected chi connectivity index (χ3v) is 4.25. The van der Waals surface area contributed by atoms with Crippen molar-refractivity contribution >= 4 is 11.8 Å². The van der Waals surface area contributed by atoms with Gasteiger partial charge in [-0.25, -0.2) is 0 Å². The molecule has 2 fully saturated rings. The number of nitrogens with one attached hydrogen (secondary N) is 1. The first kappa shape index (κ1) is 13.2. The van der Waals surface area contributed by atoms with Crippen LogP contribution >= 0.6 is 0 Å². The lowest BCUT2D eigenvalue weighted by atomic mass is 10.0. The van der Waals surface area contributed by atoms with Gasteiger partial charge in [0.05, 0.1) is 6.04 Å².